The van der Waals surface area contributed by atoms with Crippen LogP contribution in [0.4, 0.5) is 13.2 Å². The molecule has 5 rings (SSSR count). The third-order valence-corrected chi connectivity index (χ3v) is 8.88. The van der Waals surface area contributed by atoms with E-state index < -0.39 is 17.5 Å². The fourth-order valence-electron chi connectivity index (χ4n) is 6.78. The first-order valence-electron chi connectivity index (χ1n) is 13.3. The number of halogens is 3. The fourth-order valence-corrected chi connectivity index (χ4v) is 6.78. The molecule has 180 valence electrons. The minimum atomic E-state index is -1.05. The summed E-state index contributed by atoms with van der Waals surface area (Å²) in [6.45, 7) is 2.73. The zero-order valence-corrected chi connectivity index (χ0v) is 19.9. The molecule has 2 aliphatic carbocycles. The van der Waals surface area contributed by atoms with Gasteiger partial charge < -0.3 is 4.74 Å². The summed E-state index contributed by atoms with van der Waals surface area (Å²) in [6.07, 6.45) is 14.4. The molecular weight excluding hydrogens is 421 g/mol. The van der Waals surface area contributed by atoms with Crippen LogP contribution in [0.5, 0.6) is 0 Å². The second-order valence-corrected chi connectivity index (χ2v) is 10.9. The van der Waals surface area contributed by atoms with Gasteiger partial charge in [-0.3, -0.25) is 0 Å². The minimum absolute atomic E-state index is 0.238. The Balaban J connectivity index is 1.17. The van der Waals surface area contributed by atoms with Crippen molar-refractivity contribution in [1.82, 2.24) is 0 Å². The number of hydrogen-bond donors (Lipinski definition) is 0. The van der Waals surface area contributed by atoms with E-state index in [4.69, 9.17) is 4.74 Å². The lowest BCUT2D eigenvalue weighted by Crippen LogP contribution is -2.26. The van der Waals surface area contributed by atoms with Crippen LogP contribution >= 0.6 is 0 Å². The quantitative estimate of drug-likeness (QED) is 0.378. The van der Waals surface area contributed by atoms with Gasteiger partial charge in [0.2, 0.25) is 0 Å². The molecule has 3 aliphatic rings. The Labute approximate surface area is 196 Å². The minimum Gasteiger partial charge on any atom is -0.368 e. The third kappa shape index (κ3) is 4.97. The van der Waals surface area contributed by atoms with Crippen LogP contribution in [0.3, 0.4) is 0 Å². The van der Waals surface area contributed by atoms with Crippen LogP contribution in [0.1, 0.15) is 94.8 Å². The first-order valence-corrected chi connectivity index (χ1v) is 13.3. The number of ether oxygens (including phenoxy) is 1. The van der Waals surface area contributed by atoms with E-state index >= 15 is 0 Å². The van der Waals surface area contributed by atoms with Crippen LogP contribution in [0, 0.1) is 41.1 Å². The second kappa shape index (κ2) is 9.98. The summed E-state index contributed by atoms with van der Waals surface area (Å²) >= 11 is 0. The molecule has 33 heavy (non-hydrogen) atoms. The smallest absolute Gasteiger partial charge is 0.169 e. The lowest BCUT2D eigenvalue weighted by atomic mass is 9.68. The Bertz CT molecular complexity index is 967. The molecule has 0 spiro atoms. The van der Waals surface area contributed by atoms with Gasteiger partial charge in [0, 0.05) is 5.56 Å². The Morgan fingerprint density at radius 1 is 0.788 bits per heavy atom. The highest BCUT2D eigenvalue weighted by molar-refractivity contribution is 5.85. The van der Waals surface area contributed by atoms with Gasteiger partial charge in [-0.25, -0.2) is 13.2 Å². The Kier molecular flexibility index (Phi) is 7.02. The summed E-state index contributed by atoms with van der Waals surface area (Å²) in [7, 11) is 0. The van der Waals surface area contributed by atoms with E-state index in [-0.39, 0.29) is 11.5 Å². The normalized spacial score (nSPS) is 30.0. The van der Waals surface area contributed by atoms with Crippen molar-refractivity contribution < 1.29 is 17.9 Å². The van der Waals surface area contributed by atoms with Crippen LogP contribution in [0.2, 0.25) is 0 Å². The summed E-state index contributed by atoms with van der Waals surface area (Å²) in [5, 5.41) is 0.201. The zero-order chi connectivity index (χ0) is 22.9. The van der Waals surface area contributed by atoms with Crippen molar-refractivity contribution in [2.45, 2.75) is 90.1 Å². The molecule has 1 nitrogen and oxygen atoms in total. The summed E-state index contributed by atoms with van der Waals surface area (Å²) in [5.74, 6) is 0.708. The molecule has 0 bridgehead atoms. The number of fused-ring (bicyclic) bond motifs is 1. The topological polar surface area (TPSA) is 12.5 Å². The van der Waals surface area contributed by atoms with E-state index in [1.54, 1.807) is 18.2 Å². The van der Waals surface area contributed by atoms with E-state index in [0.717, 1.165) is 24.2 Å². The molecule has 1 atom stereocenters. The Hall–Kier alpha value is -1.55. The largest absolute Gasteiger partial charge is 0.368 e. The first kappa shape index (κ1) is 23.2. The molecule has 2 saturated carbocycles. The van der Waals surface area contributed by atoms with Crippen molar-refractivity contribution in [1.29, 1.82) is 0 Å². The molecule has 0 N–H and O–H groups in total. The highest BCUT2D eigenvalue weighted by atomic mass is 19.2. The summed E-state index contributed by atoms with van der Waals surface area (Å²) < 4.78 is 49.6. The van der Waals surface area contributed by atoms with E-state index in [0.29, 0.717) is 35.5 Å². The molecule has 0 amide bonds. The third-order valence-electron chi connectivity index (χ3n) is 8.88. The van der Waals surface area contributed by atoms with Crippen LogP contribution in [-0.4, -0.2) is 6.61 Å². The molecule has 3 fully saturated rings. The van der Waals surface area contributed by atoms with E-state index in [1.807, 2.05) is 0 Å². The van der Waals surface area contributed by atoms with E-state index in [9.17, 15) is 13.2 Å². The Morgan fingerprint density at radius 2 is 1.39 bits per heavy atom. The average molecular weight is 459 g/mol. The molecule has 1 aliphatic heterocycles. The van der Waals surface area contributed by atoms with Crippen molar-refractivity contribution in [3.8, 4) is 0 Å². The number of hydrogen-bond acceptors (Lipinski definition) is 1. The predicted octanol–water partition coefficient (Wildman–Crippen LogP) is 8.67. The molecule has 2 aromatic carbocycles. The highest BCUT2D eigenvalue weighted by Gasteiger charge is 2.32. The van der Waals surface area contributed by atoms with Gasteiger partial charge in [0.15, 0.2) is 11.6 Å². The maximum Gasteiger partial charge on any atom is 0.169 e. The first-order chi connectivity index (χ1) is 16.0. The highest BCUT2D eigenvalue weighted by Crippen LogP contribution is 2.43. The van der Waals surface area contributed by atoms with Crippen molar-refractivity contribution in [2.24, 2.45) is 23.7 Å². The van der Waals surface area contributed by atoms with E-state index in [1.165, 1.54) is 64.2 Å². The fraction of sp³-hybridized carbons (Fsp3) is 0.655. The molecule has 0 unspecified atom stereocenters. The monoisotopic (exact) mass is 458 g/mol. The van der Waals surface area contributed by atoms with Gasteiger partial charge in [-0.1, -0.05) is 57.6 Å². The second-order valence-electron chi connectivity index (χ2n) is 10.9. The molecule has 4 heteroatoms. The lowest BCUT2D eigenvalue weighted by molar-refractivity contribution is 0.141. The zero-order valence-electron chi connectivity index (χ0n) is 19.9. The van der Waals surface area contributed by atoms with Crippen molar-refractivity contribution in [2.75, 3.05) is 6.61 Å². The van der Waals surface area contributed by atoms with Crippen LogP contribution in [0.15, 0.2) is 18.2 Å². The summed E-state index contributed by atoms with van der Waals surface area (Å²) in [4.78, 5) is 0. The van der Waals surface area contributed by atoms with Gasteiger partial charge in [0.05, 0.1) is 12.0 Å². The Morgan fingerprint density at radius 3 is 1.97 bits per heavy atom. The van der Waals surface area contributed by atoms with Gasteiger partial charge in [0.25, 0.3) is 0 Å². The predicted molar refractivity (Wildman–Crippen MR) is 127 cm³/mol. The summed E-state index contributed by atoms with van der Waals surface area (Å²) in [6, 6.07) is 4.99. The number of aryl methyl sites for hydroxylation is 1. The summed E-state index contributed by atoms with van der Waals surface area (Å²) in [5.41, 5.74) is 0.704. The molecular formula is C29H37F3O. The maximum absolute atomic E-state index is 14.8. The van der Waals surface area contributed by atoms with Crippen molar-refractivity contribution >= 4 is 10.8 Å². The average Bonchev–Trinajstić information content (AvgIpc) is 3.67. The molecule has 0 radical (unpaired) electrons. The number of rotatable bonds is 7. The lowest BCUT2D eigenvalue weighted by Gasteiger charge is -2.38. The molecule has 0 aromatic heterocycles. The van der Waals surface area contributed by atoms with E-state index in [2.05, 4.69) is 6.92 Å². The van der Waals surface area contributed by atoms with Crippen molar-refractivity contribution in [3.05, 3.63) is 46.8 Å². The standard InChI is InChI=1S/C29H37F3O/c1-2-3-18-4-9-20(10-5-18)21-11-6-19(7-12-21)8-13-23-16-22-14-15-24(25-17-33-25)28(31)26(22)29(32)27(23)30/h14-16,18-21,25H,2-13,17H2,1H3/t18?,19?,20?,21?,25-/m0/s1. The molecule has 1 saturated heterocycles. The van der Waals surface area contributed by atoms with Gasteiger partial charge in [-0.15, -0.1) is 0 Å². The van der Waals surface area contributed by atoms with Crippen LogP contribution in [-0.2, 0) is 11.2 Å². The van der Waals surface area contributed by atoms with Crippen LogP contribution in [0.25, 0.3) is 10.8 Å². The number of epoxide rings is 1. The number of benzene rings is 2. The van der Waals surface area contributed by atoms with Gasteiger partial charge >= 0.3 is 0 Å². The maximum atomic E-state index is 14.8. The van der Waals surface area contributed by atoms with Crippen molar-refractivity contribution in [3.63, 3.8) is 0 Å². The van der Waals surface area contributed by atoms with Gasteiger partial charge in [-0.05, 0) is 79.2 Å². The SMILES string of the molecule is CCCC1CCC(C2CCC(CCc3cc4ccc([C@@H]5CO5)c(F)c4c(F)c3F)CC2)CC1. The molecule has 2 aromatic rings. The van der Waals surface area contributed by atoms with Gasteiger partial charge in [-0.2, -0.15) is 0 Å². The van der Waals surface area contributed by atoms with Gasteiger partial charge in [0.1, 0.15) is 11.9 Å². The molecule has 1 heterocycles. The van der Waals surface area contributed by atoms with Crippen LogP contribution < -0.4 is 0 Å².